The van der Waals surface area contributed by atoms with Gasteiger partial charge < -0.3 is 19.7 Å². The van der Waals surface area contributed by atoms with Crippen molar-refractivity contribution in [2.45, 2.75) is 0 Å². The highest BCUT2D eigenvalue weighted by Crippen LogP contribution is 1.77. The molecule has 0 radical (unpaired) electrons. The third-order valence-electron chi connectivity index (χ3n) is 0.833. The highest BCUT2D eigenvalue weighted by atomic mass is 16.5. The third-order valence-corrected chi connectivity index (χ3v) is 0.833. The number of ether oxygens (including phenoxy) is 2. The summed E-state index contributed by atoms with van der Waals surface area (Å²) in [6.45, 7) is 0.484. The molecule has 0 aliphatic carbocycles. The molecule has 0 heterocycles. The van der Waals surface area contributed by atoms with E-state index in [1.165, 1.54) is 0 Å². The second kappa shape index (κ2) is 7.46. The van der Waals surface area contributed by atoms with Crippen molar-refractivity contribution in [3.8, 4) is 0 Å². The van der Waals surface area contributed by atoms with Gasteiger partial charge in [-0.1, -0.05) is 0 Å². The number of aliphatic carboxylic acids is 1. The molecule has 0 fully saturated rings. The molecule has 0 rings (SSSR count). The zero-order valence-corrected chi connectivity index (χ0v) is 6.15. The first-order valence-corrected chi connectivity index (χ1v) is 3.25. The lowest BCUT2D eigenvalue weighted by molar-refractivity contribution is -0.142. The lowest BCUT2D eigenvalue weighted by Gasteiger charge is -2.01. The van der Waals surface area contributed by atoms with E-state index in [1.807, 2.05) is 0 Å². The van der Waals surface area contributed by atoms with Crippen LogP contribution in [-0.2, 0) is 14.3 Å². The molecule has 0 amide bonds. The fourth-order valence-corrected chi connectivity index (χ4v) is 0.444. The highest BCUT2D eigenvalue weighted by molar-refractivity contribution is 5.67. The number of carbonyl (C=O) groups is 1. The molecule has 0 aliphatic rings. The summed E-state index contributed by atoms with van der Waals surface area (Å²) < 4.78 is 9.43. The second-order valence-electron chi connectivity index (χ2n) is 1.78. The standard InChI is InChI=1S/C6H12O5/c7-1-2-10-3-4-11-5-6(8)9/h7H,1-5H2,(H,8,9). The van der Waals surface area contributed by atoms with Gasteiger partial charge in [-0.3, -0.25) is 0 Å². The van der Waals surface area contributed by atoms with Crippen LogP contribution in [0.1, 0.15) is 0 Å². The second-order valence-corrected chi connectivity index (χ2v) is 1.78. The Morgan fingerprint density at radius 3 is 2.36 bits per heavy atom. The van der Waals surface area contributed by atoms with Crippen molar-refractivity contribution in [3.05, 3.63) is 0 Å². The Morgan fingerprint density at radius 2 is 1.82 bits per heavy atom. The van der Waals surface area contributed by atoms with Gasteiger partial charge in [0.05, 0.1) is 26.4 Å². The minimum atomic E-state index is -0.993. The van der Waals surface area contributed by atoms with Crippen LogP contribution in [0.2, 0.25) is 0 Å². The Balaban J connectivity index is 2.85. The number of carboxylic acids is 1. The lowest BCUT2D eigenvalue weighted by atomic mass is 10.7. The minimum Gasteiger partial charge on any atom is -0.480 e. The Bertz CT molecular complexity index is 103. The van der Waals surface area contributed by atoms with Crippen LogP contribution in [0.5, 0.6) is 0 Å². The van der Waals surface area contributed by atoms with Gasteiger partial charge in [0, 0.05) is 0 Å². The Labute approximate surface area is 64.5 Å². The van der Waals surface area contributed by atoms with Crippen molar-refractivity contribution in [3.63, 3.8) is 0 Å². The topological polar surface area (TPSA) is 76.0 Å². The average molecular weight is 164 g/mol. The normalized spacial score (nSPS) is 9.91. The lowest BCUT2D eigenvalue weighted by Crippen LogP contribution is -2.12. The average Bonchev–Trinajstić information content (AvgIpc) is 1.96. The molecule has 0 unspecified atom stereocenters. The van der Waals surface area contributed by atoms with Gasteiger partial charge in [-0.15, -0.1) is 0 Å². The van der Waals surface area contributed by atoms with Crippen LogP contribution >= 0.6 is 0 Å². The van der Waals surface area contributed by atoms with E-state index in [0.29, 0.717) is 6.61 Å². The van der Waals surface area contributed by atoms with Crippen molar-refractivity contribution >= 4 is 5.97 Å². The quantitative estimate of drug-likeness (QED) is 0.477. The molecule has 5 heteroatoms. The maximum atomic E-state index is 9.88. The van der Waals surface area contributed by atoms with Gasteiger partial charge in [-0.2, -0.15) is 0 Å². The van der Waals surface area contributed by atoms with Crippen molar-refractivity contribution in [1.29, 1.82) is 0 Å². The molecule has 0 saturated heterocycles. The van der Waals surface area contributed by atoms with Gasteiger partial charge in [0.1, 0.15) is 6.61 Å². The molecular formula is C6H12O5. The summed E-state index contributed by atoms with van der Waals surface area (Å²) in [5.41, 5.74) is 0. The van der Waals surface area contributed by atoms with Crippen molar-refractivity contribution < 1.29 is 24.5 Å². The summed E-state index contributed by atoms with van der Waals surface area (Å²) in [6, 6.07) is 0. The fourth-order valence-electron chi connectivity index (χ4n) is 0.444. The van der Waals surface area contributed by atoms with E-state index in [0.717, 1.165) is 0 Å². The molecule has 0 bridgehead atoms. The Kier molecular flexibility index (Phi) is 7.02. The minimum absolute atomic E-state index is 0.0288. The molecule has 66 valence electrons. The van der Waals surface area contributed by atoms with E-state index in [9.17, 15) is 4.79 Å². The molecular weight excluding hydrogens is 152 g/mol. The molecule has 0 spiro atoms. The van der Waals surface area contributed by atoms with Crippen LogP contribution in [0.25, 0.3) is 0 Å². The molecule has 0 aromatic rings. The maximum absolute atomic E-state index is 9.88. The Morgan fingerprint density at radius 1 is 1.18 bits per heavy atom. The highest BCUT2D eigenvalue weighted by Gasteiger charge is 1.94. The van der Waals surface area contributed by atoms with Gasteiger partial charge in [0.25, 0.3) is 0 Å². The molecule has 0 aliphatic heterocycles. The maximum Gasteiger partial charge on any atom is 0.329 e. The van der Waals surface area contributed by atoms with Crippen molar-refractivity contribution in [1.82, 2.24) is 0 Å². The summed E-state index contributed by atoms with van der Waals surface area (Å²) in [4.78, 5) is 9.88. The van der Waals surface area contributed by atoms with Crippen LogP contribution in [0.15, 0.2) is 0 Å². The van der Waals surface area contributed by atoms with Gasteiger partial charge in [-0.05, 0) is 0 Å². The van der Waals surface area contributed by atoms with E-state index in [2.05, 4.69) is 4.74 Å². The summed E-state index contributed by atoms with van der Waals surface area (Å²) in [6.07, 6.45) is 0. The van der Waals surface area contributed by atoms with Crippen LogP contribution in [-0.4, -0.2) is 49.2 Å². The summed E-state index contributed by atoms with van der Waals surface area (Å²) >= 11 is 0. The van der Waals surface area contributed by atoms with Crippen LogP contribution in [0.4, 0.5) is 0 Å². The number of rotatable bonds is 7. The largest absolute Gasteiger partial charge is 0.480 e. The van der Waals surface area contributed by atoms with Crippen LogP contribution in [0, 0.1) is 0 Å². The molecule has 5 nitrogen and oxygen atoms in total. The van der Waals surface area contributed by atoms with Crippen LogP contribution in [0.3, 0.4) is 0 Å². The zero-order chi connectivity index (χ0) is 8.53. The van der Waals surface area contributed by atoms with Crippen molar-refractivity contribution in [2.24, 2.45) is 0 Å². The number of hydrogen-bond donors (Lipinski definition) is 2. The predicted molar refractivity (Wildman–Crippen MR) is 36.4 cm³/mol. The molecule has 11 heavy (non-hydrogen) atoms. The smallest absolute Gasteiger partial charge is 0.329 e. The molecule has 0 aromatic heterocycles. The molecule has 0 saturated carbocycles. The number of aliphatic hydroxyl groups is 1. The van der Waals surface area contributed by atoms with Gasteiger partial charge >= 0.3 is 5.97 Å². The summed E-state index contributed by atoms with van der Waals surface area (Å²) in [5, 5.41) is 16.4. The van der Waals surface area contributed by atoms with Gasteiger partial charge in [0.15, 0.2) is 0 Å². The van der Waals surface area contributed by atoms with Gasteiger partial charge in [-0.25, -0.2) is 4.79 Å². The van der Waals surface area contributed by atoms with Crippen molar-refractivity contribution in [2.75, 3.05) is 33.0 Å². The van der Waals surface area contributed by atoms with Gasteiger partial charge in [0.2, 0.25) is 0 Å². The summed E-state index contributed by atoms with van der Waals surface area (Å²) in [5.74, 6) is -0.993. The molecule has 0 aromatic carbocycles. The summed E-state index contributed by atoms with van der Waals surface area (Å²) in [7, 11) is 0. The van der Waals surface area contributed by atoms with E-state index in [-0.39, 0.29) is 26.4 Å². The SMILES string of the molecule is O=C(O)COCCOCCO. The first kappa shape index (κ1) is 10.3. The third kappa shape index (κ3) is 9.35. The molecule has 0 atom stereocenters. The number of aliphatic hydroxyl groups excluding tert-OH is 1. The van der Waals surface area contributed by atoms with E-state index in [4.69, 9.17) is 14.9 Å². The molecule has 2 N–H and O–H groups in total. The first-order chi connectivity index (χ1) is 5.27. The Hall–Kier alpha value is -0.650. The van der Waals surface area contributed by atoms with E-state index < -0.39 is 5.97 Å². The fraction of sp³-hybridized carbons (Fsp3) is 0.833. The predicted octanol–water partition coefficient (Wildman–Crippen LogP) is -0.904. The van der Waals surface area contributed by atoms with E-state index >= 15 is 0 Å². The number of hydrogen-bond acceptors (Lipinski definition) is 4. The monoisotopic (exact) mass is 164 g/mol. The number of carboxylic acid groups (broad SMARTS) is 1. The van der Waals surface area contributed by atoms with Crippen LogP contribution < -0.4 is 0 Å². The van der Waals surface area contributed by atoms with E-state index in [1.54, 1.807) is 0 Å². The first-order valence-electron chi connectivity index (χ1n) is 3.25. The zero-order valence-electron chi connectivity index (χ0n) is 6.15.